The largest absolute Gasteiger partial charge is 0.331 e. The Bertz CT molecular complexity index is 516. The molecule has 1 aliphatic heterocycles. The molecule has 0 aliphatic carbocycles. The van der Waals surface area contributed by atoms with E-state index in [0.717, 1.165) is 11.4 Å². The molecule has 0 N–H and O–H groups in total. The minimum absolute atomic E-state index is 0.00727. The van der Waals surface area contributed by atoms with Crippen molar-refractivity contribution in [2.24, 2.45) is 0 Å². The van der Waals surface area contributed by atoms with Crippen molar-refractivity contribution in [2.45, 2.75) is 26.0 Å². The van der Waals surface area contributed by atoms with Crippen molar-refractivity contribution in [3.05, 3.63) is 29.8 Å². The van der Waals surface area contributed by atoms with Crippen LogP contribution in [-0.2, 0) is 9.59 Å². The average Bonchev–Trinajstić information content (AvgIpc) is 2.48. The molecule has 4 nitrogen and oxygen atoms in total. The molecule has 1 atom stereocenters. The second kappa shape index (κ2) is 6.98. The van der Waals surface area contributed by atoms with Crippen LogP contribution < -0.4 is 4.90 Å². The van der Waals surface area contributed by atoms with E-state index in [-0.39, 0.29) is 23.6 Å². The predicted octanol–water partition coefficient (Wildman–Crippen LogP) is 2.31. The molecule has 2 rings (SSSR count). The first-order chi connectivity index (χ1) is 10.0. The van der Waals surface area contributed by atoms with Crippen LogP contribution in [0.1, 0.15) is 19.4 Å². The maximum Gasteiger partial charge on any atom is 0.246 e. The van der Waals surface area contributed by atoms with Gasteiger partial charge < -0.3 is 9.80 Å². The first-order valence-electron chi connectivity index (χ1n) is 7.30. The van der Waals surface area contributed by atoms with E-state index in [9.17, 15) is 9.59 Å². The lowest BCUT2D eigenvalue weighted by molar-refractivity contribution is -0.136. The molecule has 0 spiro atoms. The molecule has 0 saturated carbocycles. The Labute approximate surface area is 130 Å². The molecule has 1 aromatic rings. The number of piperazine rings is 1. The monoisotopic (exact) mass is 306 g/mol. The number of rotatable bonds is 4. The molecule has 1 unspecified atom stereocenters. The zero-order chi connectivity index (χ0) is 15.4. The van der Waals surface area contributed by atoms with Gasteiger partial charge in [-0.2, -0.15) is 0 Å². The number of anilines is 1. The van der Waals surface area contributed by atoms with E-state index < -0.39 is 0 Å². The van der Waals surface area contributed by atoms with Gasteiger partial charge in [0.05, 0.1) is 5.25 Å². The minimum Gasteiger partial charge on any atom is -0.331 e. The number of carbonyl (C=O) groups is 2. The zero-order valence-corrected chi connectivity index (χ0v) is 13.7. The average molecular weight is 306 g/mol. The summed E-state index contributed by atoms with van der Waals surface area (Å²) in [5.41, 5.74) is 2.08. The Morgan fingerprint density at radius 2 is 1.95 bits per heavy atom. The first kappa shape index (κ1) is 15.9. The molecule has 0 radical (unpaired) electrons. The SMILES string of the molecule is CCSC(C)C(=O)N1CCN(c2ccc(C)cc2)C(=O)C1. The standard InChI is InChI=1S/C16H22N2O2S/c1-4-21-13(3)16(20)17-9-10-18(15(19)11-17)14-7-5-12(2)6-8-14/h5-8,13H,4,9-11H2,1-3H3. The molecule has 114 valence electrons. The third kappa shape index (κ3) is 3.79. The van der Waals surface area contributed by atoms with Gasteiger partial charge in [-0.1, -0.05) is 24.6 Å². The molecule has 0 aromatic heterocycles. The van der Waals surface area contributed by atoms with Crippen LogP contribution >= 0.6 is 11.8 Å². The van der Waals surface area contributed by atoms with Gasteiger partial charge in [-0.3, -0.25) is 9.59 Å². The van der Waals surface area contributed by atoms with Crippen LogP contribution in [0.2, 0.25) is 0 Å². The Kier molecular flexibility index (Phi) is 5.28. The number of nitrogens with zero attached hydrogens (tertiary/aromatic N) is 2. The number of aryl methyl sites for hydroxylation is 1. The second-order valence-electron chi connectivity index (χ2n) is 5.24. The fourth-order valence-electron chi connectivity index (χ4n) is 2.44. The van der Waals surface area contributed by atoms with Gasteiger partial charge in [0.2, 0.25) is 11.8 Å². The maximum absolute atomic E-state index is 12.3. The normalized spacial score (nSPS) is 17.0. The van der Waals surface area contributed by atoms with Crippen LogP contribution in [0.15, 0.2) is 24.3 Å². The summed E-state index contributed by atoms with van der Waals surface area (Å²) >= 11 is 1.62. The lowest BCUT2D eigenvalue weighted by Gasteiger charge is -2.35. The quantitative estimate of drug-likeness (QED) is 0.857. The summed E-state index contributed by atoms with van der Waals surface area (Å²) in [4.78, 5) is 28.0. The van der Waals surface area contributed by atoms with Gasteiger partial charge in [-0.05, 0) is 31.7 Å². The molecular formula is C16H22N2O2S. The molecule has 1 aromatic carbocycles. The number of hydrogen-bond acceptors (Lipinski definition) is 3. The Hall–Kier alpha value is -1.49. The van der Waals surface area contributed by atoms with Crippen molar-refractivity contribution in [3.63, 3.8) is 0 Å². The Morgan fingerprint density at radius 3 is 2.52 bits per heavy atom. The highest BCUT2D eigenvalue weighted by molar-refractivity contribution is 8.00. The third-order valence-corrected chi connectivity index (χ3v) is 4.68. The van der Waals surface area contributed by atoms with Gasteiger partial charge in [0, 0.05) is 18.8 Å². The van der Waals surface area contributed by atoms with Gasteiger partial charge in [-0.15, -0.1) is 11.8 Å². The molecule has 21 heavy (non-hydrogen) atoms. The summed E-state index contributed by atoms with van der Waals surface area (Å²) in [5, 5.41) is -0.0753. The van der Waals surface area contributed by atoms with E-state index in [1.165, 1.54) is 5.56 Å². The van der Waals surface area contributed by atoms with Crippen LogP contribution in [0.25, 0.3) is 0 Å². The van der Waals surface area contributed by atoms with Crippen molar-refractivity contribution in [3.8, 4) is 0 Å². The summed E-state index contributed by atoms with van der Waals surface area (Å²) in [6, 6.07) is 7.92. The van der Waals surface area contributed by atoms with Crippen molar-refractivity contribution in [1.82, 2.24) is 4.90 Å². The van der Waals surface area contributed by atoms with Crippen LogP contribution in [0, 0.1) is 6.92 Å². The zero-order valence-electron chi connectivity index (χ0n) is 12.8. The Balaban J connectivity index is 2.00. The molecule has 5 heteroatoms. The fraction of sp³-hybridized carbons (Fsp3) is 0.500. The molecule has 2 amide bonds. The number of amides is 2. The Morgan fingerprint density at radius 1 is 1.29 bits per heavy atom. The predicted molar refractivity (Wildman–Crippen MR) is 87.7 cm³/mol. The summed E-state index contributed by atoms with van der Waals surface area (Å²) < 4.78 is 0. The van der Waals surface area contributed by atoms with Crippen molar-refractivity contribution < 1.29 is 9.59 Å². The molecule has 0 bridgehead atoms. The smallest absolute Gasteiger partial charge is 0.246 e. The summed E-state index contributed by atoms with van der Waals surface area (Å²) in [5.74, 6) is 0.968. The number of carbonyl (C=O) groups excluding carboxylic acids is 2. The van der Waals surface area contributed by atoms with Gasteiger partial charge >= 0.3 is 0 Å². The number of hydrogen-bond donors (Lipinski definition) is 0. The molecule has 1 heterocycles. The van der Waals surface area contributed by atoms with E-state index in [4.69, 9.17) is 0 Å². The van der Waals surface area contributed by atoms with Crippen molar-refractivity contribution in [1.29, 1.82) is 0 Å². The van der Waals surface area contributed by atoms with Gasteiger partial charge in [0.25, 0.3) is 0 Å². The van der Waals surface area contributed by atoms with Crippen molar-refractivity contribution >= 4 is 29.3 Å². The highest BCUT2D eigenvalue weighted by Crippen LogP contribution is 2.20. The highest BCUT2D eigenvalue weighted by atomic mass is 32.2. The molecule has 1 aliphatic rings. The fourth-order valence-corrected chi connectivity index (χ4v) is 3.23. The number of benzene rings is 1. The lowest BCUT2D eigenvalue weighted by atomic mass is 10.2. The highest BCUT2D eigenvalue weighted by Gasteiger charge is 2.30. The van der Waals surface area contributed by atoms with E-state index in [1.807, 2.05) is 45.0 Å². The topological polar surface area (TPSA) is 40.6 Å². The summed E-state index contributed by atoms with van der Waals surface area (Å²) in [6.07, 6.45) is 0. The van der Waals surface area contributed by atoms with Gasteiger partial charge in [0.15, 0.2) is 0 Å². The summed E-state index contributed by atoms with van der Waals surface area (Å²) in [6.45, 7) is 7.32. The molecule has 1 saturated heterocycles. The molecular weight excluding hydrogens is 284 g/mol. The van der Waals surface area contributed by atoms with Gasteiger partial charge in [0.1, 0.15) is 6.54 Å². The van der Waals surface area contributed by atoms with Crippen LogP contribution in [0.3, 0.4) is 0 Å². The third-order valence-electron chi connectivity index (χ3n) is 3.64. The minimum atomic E-state index is -0.0753. The molecule has 1 fully saturated rings. The second-order valence-corrected chi connectivity index (χ2v) is 6.86. The van der Waals surface area contributed by atoms with Crippen molar-refractivity contribution in [2.75, 3.05) is 30.3 Å². The van der Waals surface area contributed by atoms with E-state index in [1.54, 1.807) is 21.6 Å². The van der Waals surface area contributed by atoms with Crippen LogP contribution in [0.5, 0.6) is 0 Å². The first-order valence-corrected chi connectivity index (χ1v) is 8.35. The van der Waals surface area contributed by atoms with E-state index in [2.05, 4.69) is 0 Å². The van der Waals surface area contributed by atoms with E-state index in [0.29, 0.717) is 13.1 Å². The van der Waals surface area contributed by atoms with Gasteiger partial charge in [-0.25, -0.2) is 0 Å². The van der Waals surface area contributed by atoms with Crippen LogP contribution in [-0.4, -0.2) is 47.4 Å². The summed E-state index contributed by atoms with van der Waals surface area (Å²) in [7, 11) is 0. The maximum atomic E-state index is 12.3. The van der Waals surface area contributed by atoms with E-state index >= 15 is 0 Å². The van der Waals surface area contributed by atoms with Crippen LogP contribution in [0.4, 0.5) is 5.69 Å². The lowest BCUT2D eigenvalue weighted by Crippen LogP contribution is -2.54. The number of thioether (sulfide) groups is 1.